The molecule has 0 aliphatic carbocycles. The van der Waals surface area contributed by atoms with Crippen molar-refractivity contribution in [2.24, 2.45) is 0 Å². The van der Waals surface area contributed by atoms with Crippen LogP contribution >= 0.6 is 0 Å². The third-order valence-electron chi connectivity index (χ3n) is 2.07. The summed E-state index contributed by atoms with van der Waals surface area (Å²) in [6, 6.07) is 6.06. The van der Waals surface area contributed by atoms with Crippen LogP contribution in [0.25, 0.3) is 0 Å². The molecule has 0 unspecified atom stereocenters. The normalized spacial score (nSPS) is 15.3. The first-order valence-corrected chi connectivity index (χ1v) is 3.98. The first-order chi connectivity index (χ1) is 5.36. The van der Waals surface area contributed by atoms with E-state index in [1.165, 1.54) is 17.7 Å². The highest BCUT2D eigenvalue weighted by molar-refractivity contribution is 5.59. The first-order valence-electron chi connectivity index (χ1n) is 3.98. The van der Waals surface area contributed by atoms with Gasteiger partial charge in [-0.1, -0.05) is 0 Å². The Hall–Kier alpha value is -1.18. The molecule has 0 saturated heterocycles. The van der Waals surface area contributed by atoms with Crippen molar-refractivity contribution in [3.63, 3.8) is 0 Å². The van der Waals surface area contributed by atoms with Gasteiger partial charge in [0, 0.05) is 17.9 Å². The van der Waals surface area contributed by atoms with Crippen molar-refractivity contribution in [3.05, 3.63) is 23.8 Å². The lowest BCUT2D eigenvalue weighted by Crippen LogP contribution is -2.11. The van der Waals surface area contributed by atoms with E-state index in [1.54, 1.807) is 0 Å². The van der Waals surface area contributed by atoms with Crippen LogP contribution in [0.3, 0.4) is 0 Å². The lowest BCUT2D eigenvalue weighted by atomic mass is 10.0. The molecule has 0 atom stereocenters. The Morgan fingerprint density at radius 2 is 2.27 bits per heavy atom. The van der Waals surface area contributed by atoms with E-state index < -0.39 is 0 Å². The van der Waals surface area contributed by atoms with Crippen LogP contribution in [0.15, 0.2) is 18.2 Å². The van der Waals surface area contributed by atoms with E-state index in [1.807, 2.05) is 6.07 Å². The highest BCUT2D eigenvalue weighted by Gasteiger charge is 2.06. The van der Waals surface area contributed by atoms with Gasteiger partial charge in [0.05, 0.1) is 0 Å². The van der Waals surface area contributed by atoms with E-state index in [2.05, 4.69) is 17.4 Å². The molecule has 1 heterocycles. The zero-order valence-electron chi connectivity index (χ0n) is 6.43. The lowest BCUT2D eigenvalue weighted by Gasteiger charge is -2.17. The zero-order valence-corrected chi connectivity index (χ0v) is 6.43. The Morgan fingerprint density at radius 3 is 3.18 bits per heavy atom. The van der Waals surface area contributed by atoms with Gasteiger partial charge in [0.25, 0.3) is 0 Å². The zero-order chi connectivity index (χ0) is 7.68. The number of nitrogens with one attached hydrogen (secondary N) is 1. The van der Waals surface area contributed by atoms with Crippen molar-refractivity contribution in [1.29, 1.82) is 0 Å². The summed E-state index contributed by atoms with van der Waals surface area (Å²) in [6.07, 6.45) is 2.38. The van der Waals surface area contributed by atoms with Gasteiger partial charge in [-0.15, -0.1) is 0 Å². The second-order valence-electron chi connectivity index (χ2n) is 2.95. The fourth-order valence-corrected chi connectivity index (χ4v) is 1.49. The standard InChI is InChI=1S/C9H12N2/c10-8-3-4-9-7(6-8)2-1-5-11-9/h3-4,6,11H,1-2,5,10H2. The number of hydrogen-bond acceptors (Lipinski definition) is 2. The summed E-state index contributed by atoms with van der Waals surface area (Å²) in [6.45, 7) is 1.09. The molecule has 1 aliphatic rings. The molecule has 0 amide bonds. The van der Waals surface area contributed by atoms with E-state index in [0.717, 1.165) is 18.7 Å². The average molecular weight is 148 g/mol. The van der Waals surface area contributed by atoms with Crippen LogP contribution in [0.4, 0.5) is 11.4 Å². The number of nitrogens with two attached hydrogens (primary N) is 1. The molecule has 0 aromatic heterocycles. The van der Waals surface area contributed by atoms with Crippen LogP contribution in [0, 0.1) is 0 Å². The number of aryl methyl sites for hydroxylation is 1. The highest BCUT2D eigenvalue weighted by Crippen LogP contribution is 2.23. The van der Waals surface area contributed by atoms with Gasteiger partial charge >= 0.3 is 0 Å². The molecule has 2 heteroatoms. The maximum Gasteiger partial charge on any atom is 0.0374 e. The molecule has 58 valence electrons. The van der Waals surface area contributed by atoms with Crippen LogP contribution < -0.4 is 11.1 Å². The Labute approximate surface area is 66.4 Å². The van der Waals surface area contributed by atoms with E-state index >= 15 is 0 Å². The number of benzene rings is 1. The van der Waals surface area contributed by atoms with Gasteiger partial charge in [0.2, 0.25) is 0 Å². The molecular formula is C9H12N2. The Morgan fingerprint density at radius 1 is 1.36 bits per heavy atom. The van der Waals surface area contributed by atoms with Crippen LogP contribution in [0.5, 0.6) is 0 Å². The molecule has 1 aromatic carbocycles. The van der Waals surface area contributed by atoms with Crippen LogP contribution in [0.2, 0.25) is 0 Å². The van der Waals surface area contributed by atoms with Crippen LogP contribution in [0.1, 0.15) is 12.0 Å². The topological polar surface area (TPSA) is 38.0 Å². The third-order valence-corrected chi connectivity index (χ3v) is 2.07. The number of hydrogen-bond donors (Lipinski definition) is 2. The van der Waals surface area contributed by atoms with Gasteiger partial charge < -0.3 is 11.1 Å². The summed E-state index contributed by atoms with van der Waals surface area (Å²) < 4.78 is 0. The molecule has 0 saturated carbocycles. The van der Waals surface area contributed by atoms with Gasteiger partial charge in [0.15, 0.2) is 0 Å². The predicted molar refractivity (Wildman–Crippen MR) is 47.7 cm³/mol. The second kappa shape index (κ2) is 2.46. The molecule has 11 heavy (non-hydrogen) atoms. The molecule has 1 aliphatic heterocycles. The van der Waals surface area contributed by atoms with Crippen molar-refractivity contribution >= 4 is 11.4 Å². The highest BCUT2D eigenvalue weighted by atomic mass is 14.9. The molecule has 0 fully saturated rings. The van der Waals surface area contributed by atoms with E-state index in [0.29, 0.717) is 0 Å². The number of fused-ring (bicyclic) bond motifs is 1. The minimum Gasteiger partial charge on any atom is -0.399 e. The van der Waals surface area contributed by atoms with Crippen molar-refractivity contribution in [1.82, 2.24) is 0 Å². The number of anilines is 2. The third kappa shape index (κ3) is 1.16. The summed E-state index contributed by atoms with van der Waals surface area (Å²) in [4.78, 5) is 0. The summed E-state index contributed by atoms with van der Waals surface area (Å²) in [5.74, 6) is 0. The van der Waals surface area contributed by atoms with Crippen LogP contribution in [-0.2, 0) is 6.42 Å². The van der Waals surface area contributed by atoms with Crippen molar-refractivity contribution in [2.75, 3.05) is 17.6 Å². The fraction of sp³-hybridized carbons (Fsp3) is 0.333. The minimum atomic E-state index is 0.868. The molecule has 0 bridgehead atoms. The molecule has 1 aromatic rings. The van der Waals surface area contributed by atoms with E-state index in [9.17, 15) is 0 Å². The molecule has 2 nitrogen and oxygen atoms in total. The minimum absolute atomic E-state index is 0.868. The van der Waals surface area contributed by atoms with E-state index in [4.69, 9.17) is 5.73 Å². The van der Waals surface area contributed by atoms with Crippen molar-refractivity contribution < 1.29 is 0 Å². The summed E-state index contributed by atoms with van der Waals surface area (Å²) >= 11 is 0. The Balaban J connectivity index is 2.43. The number of rotatable bonds is 0. The van der Waals surface area contributed by atoms with Gasteiger partial charge in [0.1, 0.15) is 0 Å². The van der Waals surface area contributed by atoms with Gasteiger partial charge in [-0.3, -0.25) is 0 Å². The van der Waals surface area contributed by atoms with E-state index in [-0.39, 0.29) is 0 Å². The smallest absolute Gasteiger partial charge is 0.0374 e. The lowest BCUT2D eigenvalue weighted by molar-refractivity contribution is 0.831. The summed E-state index contributed by atoms with van der Waals surface area (Å²) in [5, 5.41) is 3.33. The maximum atomic E-state index is 5.65. The SMILES string of the molecule is Nc1ccc2c(c1)CCCN2. The molecule has 2 rings (SSSR count). The molecular weight excluding hydrogens is 136 g/mol. The van der Waals surface area contributed by atoms with Crippen LogP contribution in [-0.4, -0.2) is 6.54 Å². The quantitative estimate of drug-likeness (QED) is 0.549. The predicted octanol–water partition coefficient (Wildman–Crippen LogP) is 1.63. The summed E-state index contributed by atoms with van der Waals surface area (Å²) in [7, 11) is 0. The van der Waals surface area contributed by atoms with Crippen molar-refractivity contribution in [3.8, 4) is 0 Å². The average Bonchev–Trinajstić information content (AvgIpc) is 2.04. The largest absolute Gasteiger partial charge is 0.399 e. The fourth-order valence-electron chi connectivity index (χ4n) is 1.49. The van der Waals surface area contributed by atoms with Crippen molar-refractivity contribution in [2.45, 2.75) is 12.8 Å². The Bertz CT molecular complexity index is 268. The molecule has 0 radical (unpaired) electrons. The monoisotopic (exact) mass is 148 g/mol. The second-order valence-corrected chi connectivity index (χ2v) is 2.95. The summed E-state index contributed by atoms with van der Waals surface area (Å²) in [5.41, 5.74) is 9.13. The first kappa shape index (κ1) is 6.53. The van der Waals surface area contributed by atoms with Gasteiger partial charge in [-0.25, -0.2) is 0 Å². The molecule has 0 spiro atoms. The maximum absolute atomic E-state index is 5.65. The number of nitrogen functional groups attached to an aromatic ring is 1. The van der Waals surface area contributed by atoms with Gasteiger partial charge in [-0.2, -0.15) is 0 Å². The molecule has 3 N–H and O–H groups in total. The Kier molecular flexibility index (Phi) is 1.46. The van der Waals surface area contributed by atoms with Gasteiger partial charge in [-0.05, 0) is 36.6 Å².